The highest BCUT2D eigenvalue weighted by atomic mass is 16.5. The molecule has 1 aliphatic carbocycles. The molecule has 0 saturated heterocycles. The average molecular weight is 233 g/mol. The van der Waals surface area contributed by atoms with Crippen LogP contribution in [0.1, 0.15) is 39.5 Å². The van der Waals surface area contributed by atoms with Gasteiger partial charge in [-0.2, -0.15) is 0 Å². The maximum Gasteiger partial charge on any atom is 0.121 e. The Bertz CT molecular complexity index is 343. The molecule has 2 nitrogen and oxygen atoms in total. The summed E-state index contributed by atoms with van der Waals surface area (Å²) in [6.45, 7) is 5.12. The van der Waals surface area contributed by atoms with Crippen LogP contribution in [0, 0.1) is 5.92 Å². The minimum atomic E-state index is 0.571. The van der Waals surface area contributed by atoms with Crippen molar-refractivity contribution in [2.75, 3.05) is 11.9 Å². The molecule has 0 radical (unpaired) electrons. The summed E-state index contributed by atoms with van der Waals surface area (Å²) in [5.74, 6) is 1.54. The summed E-state index contributed by atoms with van der Waals surface area (Å²) in [7, 11) is 0. The van der Waals surface area contributed by atoms with E-state index in [1.807, 2.05) is 6.07 Å². The third kappa shape index (κ3) is 3.95. The van der Waals surface area contributed by atoms with Crippen LogP contribution in [0.3, 0.4) is 0 Å². The molecule has 0 bridgehead atoms. The van der Waals surface area contributed by atoms with Crippen molar-refractivity contribution in [2.24, 2.45) is 5.92 Å². The number of hydrogen-bond donors (Lipinski definition) is 1. The second-order valence-electron chi connectivity index (χ2n) is 5.36. The molecule has 1 saturated carbocycles. The molecule has 17 heavy (non-hydrogen) atoms. The molecule has 0 aromatic heterocycles. The quantitative estimate of drug-likeness (QED) is 0.827. The van der Waals surface area contributed by atoms with E-state index in [1.54, 1.807) is 0 Å². The van der Waals surface area contributed by atoms with Crippen molar-refractivity contribution in [3.8, 4) is 5.75 Å². The van der Waals surface area contributed by atoms with Crippen molar-refractivity contribution < 1.29 is 4.74 Å². The Morgan fingerprint density at radius 1 is 1.29 bits per heavy atom. The van der Waals surface area contributed by atoms with E-state index in [4.69, 9.17) is 4.74 Å². The summed E-state index contributed by atoms with van der Waals surface area (Å²) in [5, 5.41) is 3.59. The highest BCUT2D eigenvalue weighted by molar-refractivity contribution is 5.48. The number of hydrogen-bond acceptors (Lipinski definition) is 2. The fourth-order valence-corrected chi connectivity index (χ4v) is 2.24. The molecule has 94 valence electrons. The highest BCUT2D eigenvalue weighted by Crippen LogP contribution is 2.24. The van der Waals surface area contributed by atoms with E-state index < -0.39 is 0 Å². The second-order valence-corrected chi connectivity index (χ2v) is 5.36. The Labute approximate surface area is 104 Å². The molecule has 2 heteroatoms. The standard InChI is InChI=1S/C15H23NO/c1-12(2)11-17-15-9-5-8-14(10-15)16-13-6-3-4-7-13/h5,8-10,12-13,16H,3-4,6-7,11H2,1-2H3. The third-order valence-corrected chi connectivity index (χ3v) is 3.14. The highest BCUT2D eigenvalue weighted by Gasteiger charge is 2.14. The largest absolute Gasteiger partial charge is 0.493 e. The van der Waals surface area contributed by atoms with Crippen LogP contribution in [0.5, 0.6) is 5.75 Å². The predicted octanol–water partition coefficient (Wildman–Crippen LogP) is 4.08. The summed E-state index contributed by atoms with van der Waals surface area (Å²) < 4.78 is 5.73. The molecule has 1 N–H and O–H groups in total. The van der Waals surface area contributed by atoms with Crippen molar-refractivity contribution in [3.05, 3.63) is 24.3 Å². The van der Waals surface area contributed by atoms with Crippen LogP contribution in [0.25, 0.3) is 0 Å². The van der Waals surface area contributed by atoms with Gasteiger partial charge in [-0.15, -0.1) is 0 Å². The second kappa shape index (κ2) is 5.95. The first kappa shape index (κ1) is 12.3. The molecule has 0 aliphatic heterocycles. The van der Waals surface area contributed by atoms with Crippen LogP contribution < -0.4 is 10.1 Å². The monoisotopic (exact) mass is 233 g/mol. The molecule has 0 atom stereocenters. The van der Waals surface area contributed by atoms with Crippen LogP contribution >= 0.6 is 0 Å². The van der Waals surface area contributed by atoms with Gasteiger partial charge in [0.05, 0.1) is 6.61 Å². The minimum Gasteiger partial charge on any atom is -0.493 e. The number of rotatable bonds is 5. The lowest BCUT2D eigenvalue weighted by molar-refractivity contribution is 0.271. The van der Waals surface area contributed by atoms with E-state index in [-0.39, 0.29) is 0 Å². The molecule has 2 rings (SSSR count). The molecular weight excluding hydrogens is 210 g/mol. The Kier molecular flexibility index (Phi) is 4.29. The van der Waals surface area contributed by atoms with Crippen LogP contribution in [0.2, 0.25) is 0 Å². The van der Waals surface area contributed by atoms with Gasteiger partial charge in [-0.05, 0) is 30.9 Å². The third-order valence-electron chi connectivity index (χ3n) is 3.14. The zero-order chi connectivity index (χ0) is 12.1. The maximum atomic E-state index is 5.73. The first-order valence-electron chi connectivity index (χ1n) is 6.73. The van der Waals surface area contributed by atoms with E-state index in [0.29, 0.717) is 12.0 Å². The van der Waals surface area contributed by atoms with E-state index in [2.05, 4.69) is 37.4 Å². The minimum absolute atomic E-state index is 0.571. The van der Waals surface area contributed by atoms with Gasteiger partial charge in [-0.1, -0.05) is 32.8 Å². The van der Waals surface area contributed by atoms with E-state index in [9.17, 15) is 0 Å². The van der Waals surface area contributed by atoms with Crippen LogP contribution in [-0.2, 0) is 0 Å². The fourth-order valence-electron chi connectivity index (χ4n) is 2.24. The molecule has 0 heterocycles. The van der Waals surface area contributed by atoms with Gasteiger partial charge in [0.1, 0.15) is 5.75 Å². The molecular formula is C15H23NO. The van der Waals surface area contributed by atoms with Crippen LogP contribution in [-0.4, -0.2) is 12.6 Å². The van der Waals surface area contributed by atoms with Crippen LogP contribution in [0.15, 0.2) is 24.3 Å². The molecule has 0 spiro atoms. The molecule has 0 unspecified atom stereocenters. The first-order chi connectivity index (χ1) is 8.24. The van der Waals surface area contributed by atoms with Gasteiger partial charge >= 0.3 is 0 Å². The van der Waals surface area contributed by atoms with Crippen molar-refractivity contribution in [1.29, 1.82) is 0 Å². The zero-order valence-corrected chi connectivity index (χ0v) is 10.9. The van der Waals surface area contributed by atoms with Gasteiger partial charge in [0.25, 0.3) is 0 Å². The summed E-state index contributed by atoms with van der Waals surface area (Å²) in [5.41, 5.74) is 1.19. The first-order valence-corrected chi connectivity index (χ1v) is 6.73. The van der Waals surface area contributed by atoms with E-state index in [0.717, 1.165) is 12.4 Å². The molecule has 1 fully saturated rings. The number of anilines is 1. The lowest BCUT2D eigenvalue weighted by Crippen LogP contribution is -2.14. The van der Waals surface area contributed by atoms with Gasteiger partial charge in [-0.25, -0.2) is 0 Å². The van der Waals surface area contributed by atoms with E-state index >= 15 is 0 Å². The number of nitrogens with one attached hydrogen (secondary N) is 1. The molecule has 1 aromatic rings. The SMILES string of the molecule is CC(C)COc1cccc(NC2CCCC2)c1. The van der Waals surface area contributed by atoms with Crippen molar-refractivity contribution in [3.63, 3.8) is 0 Å². The van der Waals surface area contributed by atoms with E-state index in [1.165, 1.54) is 31.4 Å². The summed E-state index contributed by atoms with van der Waals surface area (Å²) in [6.07, 6.45) is 5.33. The lowest BCUT2D eigenvalue weighted by atomic mass is 10.2. The Hall–Kier alpha value is -1.18. The van der Waals surface area contributed by atoms with Crippen LogP contribution in [0.4, 0.5) is 5.69 Å². The van der Waals surface area contributed by atoms with Gasteiger partial charge in [-0.3, -0.25) is 0 Å². The topological polar surface area (TPSA) is 21.3 Å². The lowest BCUT2D eigenvalue weighted by Gasteiger charge is -2.15. The average Bonchev–Trinajstić information content (AvgIpc) is 2.80. The Morgan fingerprint density at radius 2 is 2.06 bits per heavy atom. The van der Waals surface area contributed by atoms with Gasteiger partial charge in [0.15, 0.2) is 0 Å². The summed E-state index contributed by atoms with van der Waals surface area (Å²) >= 11 is 0. The maximum absolute atomic E-state index is 5.73. The van der Waals surface area contributed by atoms with Crippen molar-refractivity contribution in [2.45, 2.75) is 45.6 Å². The van der Waals surface area contributed by atoms with Crippen molar-refractivity contribution in [1.82, 2.24) is 0 Å². The summed E-state index contributed by atoms with van der Waals surface area (Å²) in [4.78, 5) is 0. The summed E-state index contributed by atoms with van der Waals surface area (Å²) in [6, 6.07) is 8.99. The molecule has 0 amide bonds. The predicted molar refractivity (Wildman–Crippen MR) is 72.7 cm³/mol. The normalized spacial score (nSPS) is 16.4. The number of benzene rings is 1. The molecule has 1 aromatic carbocycles. The smallest absolute Gasteiger partial charge is 0.121 e. The Morgan fingerprint density at radius 3 is 2.76 bits per heavy atom. The van der Waals surface area contributed by atoms with Crippen molar-refractivity contribution >= 4 is 5.69 Å². The van der Waals surface area contributed by atoms with Gasteiger partial charge in [0, 0.05) is 17.8 Å². The van der Waals surface area contributed by atoms with Gasteiger partial charge < -0.3 is 10.1 Å². The molecule has 1 aliphatic rings. The van der Waals surface area contributed by atoms with Gasteiger partial charge in [0.2, 0.25) is 0 Å². The Balaban J connectivity index is 1.91. The fraction of sp³-hybridized carbons (Fsp3) is 0.600. The number of ether oxygens (including phenoxy) is 1. The zero-order valence-electron chi connectivity index (χ0n) is 10.9.